The van der Waals surface area contributed by atoms with Gasteiger partial charge in [-0.3, -0.25) is 0 Å². The van der Waals surface area contributed by atoms with Crippen LogP contribution < -0.4 is 5.32 Å². The molecule has 0 radical (unpaired) electrons. The molecule has 0 spiro atoms. The maximum absolute atomic E-state index is 5.02. The van der Waals surface area contributed by atoms with E-state index in [1.165, 1.54) is 18.4 Å². The van der Waals surface area contributed by atoms with Crippen LogP contribution in [0, 0.1) is 0 Å². The van der Waals surface area contributed by atoms with Crippen molar-refractivity contribution in [1.29, 1.82) is 0 Å². The lowest BCUT2D eigenvalue weighted by Gasteiger charge is -2.36. The molecule has 0 heterocycles. The first-order valence-corrected chi connectivity index (χ1v) is 6.56. The molecule has 0 saturated heterocycles. The van der Waals surface area contributed by atoms with Crippen LogP contribution in [0.25, 0.3) is 0 Å². The number of halogens is 1. The van der Waals surface area contributed by atoms with Crippen molar-refractivity contribution < 1.29 is 4.74 Å². The Labute approximate surface area is 106 Å². The van der Waals surface area contributed by atoms with Gasteiger partial charge in [-0.15, -0.1) is 0 Å². The van der Waals surface area contributed by atoms with E-state index in [9.17, 15) is 0 Å². The summed E-state index contributed by atoms with van der Waals surface area (Å²) in [6, 6.07) is 9.38. The summed E-state index contributed by atoms with van der Waals surface area (Å²) in [6.45, 7) is 1.77. The molecule has 1 aromatic rings. The van der Waals surface area contributed by atoms with Gasteiger partial charge in [-0.1, -0.05) is 28.1 Å². The van der Waals surface area contributed by atoms with Crippen LogP contribution in [0.4, 0.5) is 0 Å². The minimum atomic E-state index is 0.684. The molecule has 0 bridgehead atoms. The SMILES string of the molecule is COCCNC1CC(c2ccc(Br)cc2)C1. The van der Waals surface area contributed by atoms with Crippen LogP contribution in [0.15, 0.2) is 28.7 Å². The van der Waals surface area contributed by atoms with Crippen LogP contribution in [-0.4, -0.2) is 26.3 Å². The highest BCUT2D eigenvalue weighted by Crippen LogP contribution is 2.37. The molecule has 3 heteroatoms. The smallest absolute Gasteiger partial charge is 0.0587 e. The average molecular weight is 284 g/mol. The molecule has 2 rings (SSSR count). The highest BCUT2D eigenvalue weighted by molar-refractivity contribution is 9.10. The Morgan fingerprint density at radius 3 is 2.62 bits per heavy atom. The van der Waals surface area contributed by atoms with E-state index in [-0.39, 0.29) is 0 Å². The summed E-state index contributed by atoms with van der Waals surface area (Å²) < 4.78 is 6.18. The number of hydrogen-bond acceptors (Lipinski definition) is 2. The third-order valence-corrected chi connectivity index (χ3v) is 3.75. The number of nitrogens with one attached hydrogen (secondary N) is 1. The third kappa shape index (κ3) is 3.06. The summed E-state index contributed by atoms with van der Waals surface area (Å²) in [6.07, 6.45) is 2.51. The van der Waals surface area contributed by atoms with Crippen LogP contribution in [0.5, 0.6) is 0 Å². The van der Waals surface area contributed by atoms with E-state index < -0.39 is 0 Å². The van der Waals surface area contributed by atoms with E-state index in [4.69, 9.17) is 4.74 Å². The first-order chi connectivity index (χ1) is 7.79. The first kappa shape index (κ1) is 12.1. The van der Waals surface area contributed by atoms with Gasteiger partial charge in [0.15, 0.2) is 0 Å². The summed E-state index contributed by atoms with van der Waals surface area (Å²) in [5, 5.41) is 3.50. The van der Waals surface area contributed by atoms with Crippen LogP contribution in [0.3, 0.4) is 0 Å². The van der Waals surface area contributed by atoms with Crippen LogP contribution >= 0.6 is 15.9 Å². The standard InChI is InChI=1S/C13H18BrNO/c1-16-7-6-15-13-8-11(9-13)10-2-4-12(14)5-3-10/h2-5,11,13,15H,6-9H2,1H3. The largest absolute Gasteiger partial charge is 0.383 e. The van der Waals surface area contributed by atoms with Crippen molar-refractivity contribution in [2.75, 3.05) is 20.3 Å². The molecule has 1 aliphatic carbocycles. The topological polar surface area (TPSA) is 21.3 Å². The second kappa shape index (κ2) is 5.80. The highest BCUT2D eigenvalue weighted by Gasteiger charge is 2.29. The fourth-order valence-corrected chi connectivity index (χ4v) is 2.42. The molecule has 0 amide bonds. The molecule has 1 saturated carbocycles. The molecule has 1 N–H and O–H groups in total. The molecular formula is C13H18BrNO. The van der Waals surface area contributed by atoms with E-state index >= 15 is 0 Å². The molecule has 1 fully saturated rings. The summed E-state index contributed by atoms with van der Waals surface area (Å²) in [5.74, 6) is 0.744. The molecule has 0 aromatic heterocycles. The van der Waals surface area contributed by atoms with E-state index in [1.54, 1.807) is 7.11 Å². The molecule has 1 aromatic carbocycles. The van der Waals surface area contributed by atoms with Gasteiger partial charge in [0, 0.05) is 24.2 Å². The van der Waals surface area contributed by atoms with Gasteiger partial charge in [-0.25, -0.2) is 0 Å². The Bertz CT molecular complexity index is 319. The van der Waals surface area contributed by atoms with Crippen molar-refractivity contribution in [3.63, 3.8) is 0 Å². The lowest BCUT2D eigenvalue weighted by Crippen LogP contribution is -2.41. The van der Waals surface area contributed by atoms with Crippen molar-refractivity contribution >= 4 is 15.9 Å². The predicted molar refractivity (Wildman–Crippen MR) is 69.8 cm³/mol. The molecule has 1 aliphatic rings. The highest BCUT2D eigenvalue weighted by atomic mass is 79.9. The normalized spacial score (nSPS) is 24.1. The summed E-state index contributed by atoms with van der Waals surface area (Å²) in [5.41, 5.74) is 1.47. The monoisotopic (exact) mass is 283 g/mol. The molecule has 0 aliphatic heterocycles. The van der Waals surface area contributed by atoms with E-state index in [1.807, 2.05) is 0 Å². The van der Waals surface area contributed by atoms with Crippen LogP contribution in [0.2, 0.25) is 0 Å². The minimum absolute atomic E-state index is 0.684. The fraction of sp³-hybridized carbons (Fsp3) is 0.538. The zero-order valence-electron chi connectivity index (χ0n) is 9.58. The van der Waals surface area contributed by atoms with Gasteiger partial charge in [0.1, 0.15) is 0 Å². The van der Waals surface area contributed by atoms with Gasteiger partial charge in [0.05, 0.1) is 6.61 Å². The Morgan fingerprint density at radius 1 is 1.31 bits per heavy atom. The number of rotatable bonds is 5. The lowest BCUT2D eigenvalue weighted by atomic mass is 9.76. The number of ether oxygens (including phenoxy) is 1. The zero-order valence-corrected chi connectivity index (χ0v) is 11.2. The van der Waals surface area contributed by atoms with E-state index in [2.05, 4.69) is 45.5 Å². The Hall–Kier alpha value is -0.380. The van der Waals surface area contributed by atoms with Gasteiger partial charge in [0.25, 0.3) is 0 Å². The number of methoxy groups -OCH3 is 1. The second-order valence-corrected chi connectivity index (χ2v) is 5.28. The van der Waals surface area contributed by atoms with Gasteiger partial charge < -0.3 is 10.1 Å². The number of benzene rings is 1. The summed E-state index contributed by atoms with van der Waals surface area (Å²) >= 11 is 3.46. The lowest BCUT2D eigenvalue weighted by molar-refractivity contribution is 0.184. The quantitative estimate of drug-likeness (QED) is 0.839. The maximum Gasteiger partial charge on any atom is 0.0587 e. The van der Waals surface area contributed by atoms with Gasteiger partial charge in [-0.2, -0.15) is 0 Å². The zero-order chi connectivity index (χ0) is 11.4. The molecule has 2 nitrogen and oxygen atoms in total. The molecular weight excluding hydrogens is 266 g/mol. The number of hydrogen-bond donors (Lipinski definition) is 1. The predicted octanol–water partition coefficient (Wildman–Crippen LogP) is 2.93. The van der Waals surface area contributed by atoms with Crippen LogP contribution in [0.1, 0.15) is 24.3 Å². The average Bonchev–Trinajstić information content (AvgIpc) is 2.23. The Morgan fingerprint density at radius 2 is 2.00 bits per heavy atom. The second-order valence-electron chi connectivity index (χ2n) is 4.36. The van der Waals surface area contributed by atoms with Gasteiger partial charge >= 0.3 is 0 Å². The van der Waals surface area contributed by atoms with E-state index in [0.717, 1.165) is 23.5 Å². The summed E-state index contributed by atoms with van der Waals surface area (Å²) in [4.78, 5) is 0. The van der Waals surface area contributed by atoms with Gasteiger partial charge in [0.2, 0.25) is 0 Å². The minimum Gasteiger partial charge on any atom is -0.383 e. The fourth-order valence-electron chi connectivity index (χ4n) is 2.16. The van der Waals surface area contributed by atoms with Gasteiger partial charge in [-0.05, 0) is 36.5 Å². The van der Waals surface area contributed by atoms with Crippen molar-refractivity contribution in [3.8, 4) is 0 Å². The maximum atomic E-state index is 5.02. The van der Waals surface area contributed by atoms with E-state index in [0.29, 0.717) is 6.04 Å². The molecule has 0 unspecified atom stereocenters. The van der Waals surface area contributed by atoms with Crippen molar-refractivity contribution in [3.05, 3.63) is 34.3 Å². The van der Waals surface area contributed by atoms with Crippen molar-refractivity contribution in [1.82, 2.24) is 5.32 Å². The molecule has 88 valence electrons. The Kier molecular flexibility index (Phi) is 4.38. The van der Waals surface area contributed by atoms with Crippen LogP contribution in [-0.2, 0) is 4.74 Å². The molecule has 0 atom stereocenters. The van der Waals surface area contributed by atoms with Crippen molar-refractivity contribution in [2.24, 2.45) is 0 Å². The molecule has 16 heavy (non-hydrogen) atoms. The Balaban J connectivity index is 1.73. The third-order valence-electron chi connectivity index (χ3n) is 3.22. The van der Waals surface area contributed by atoms with Crippen molar-refractivity contribution in [2.45, 2.75) is 24.8 Å². The summed E-state index contributed by atoms with van der Waals surface area (Å²) in [7, 11) is 1.74. The first-order valence-electron chi connectivity index (χ1n) is 5.77.